The number of ether oxygens (including phenoxy) is 1. The van der Waals surface area contributed by atoms with Crippen LogP contribution in [0.5, 0.6) is 0 Å². The van der Waals surface area contributed by atoms with Crippen molar-refractivity contribution in [1.29, 1.82) is 0 Å². The van der Waals surface area contributed by atoms with Crippen LogP contribution in [-0.2, 0) is 11.2 Å². The summed E-state index contributed by atoms with van der Waals surface area (Å²) in [5, 5.41) is 10.4. The lowest BCUT2D eigenvalue weighted by molar-refractivity contribution is -0.0129. The highest BCUT2D eigenvalue weighted by Crippen LogP contribution is 2.26. The number of aliphatic hydroxyl groups excluding tert-OH is 1. The smallest absolute Gasteiger partial charge is 0.123 e. The lowest BCUT2D eigenvalue weighted by Gasteiger charge is -2.22. The Balaban J connectivity index is 2.17. The molecule has 0 amide bonds. The van der Waals surface area contributed by atoms with Crippen LogP contribution in [0.4, 0.5) is 4.39 Å². The maximum atomic E-state index is 13.3. The summed E-state index contributed by atoms with van der Waals surface area (Å²) in [5.41, 5.74) is 1.62. The summed E-state index contributed by atoms with van der Waals surface area (Å²) in [6.45, 7) is 0. The van der Waals surface area contributed by atoms with Gasteiger partial charge in [-0.25, -0.2) is 4.39 Å². The van der Waals surface area contributed by atoms with E-state index in [2.05, 4.69) is 15.9 Å². The zero-order chi connectivity index (χ0) is 14.5. The summed E-state index contributed by atoms with van der Waals surface area (Å²) in [4.78, 5) is 0. The van der Waals surface area contributed by atoms with Gasteiger partial charge in [0.1, 0.15) is 11.9 Å². The number of hydrogen-bond donors (Lipinski definition) is 1. The second kappa shape index (κ2) is 6.97. The Kier molecular flexibility index (Phi) is 5.29. The molecule has 0 saturated heterocycles. The molecular formula is C16H16BrFO2. The Morgan fingerprint density at radius 3 is 2.55 bits per heavy atom. The van der Waals surface area contributed by atoms with Crippen molar-refractivity contribution in [3.63, 3.8) is 0 Å². The van der Waals surface area contributed by atoms with Gasteiger partial charge < -0.3 is 9.84 Å². The number of rotatable bonds is 5. The molecule has 0 spiro atoms. The van der Waals surface area contributed by atoms with Crippen LogP contribution in [0.15, 0.2) is 53.0 Å². The summed E-state index contributed by atoms with van der Waals surface area (Å²) in [6.07, 6.45) is -0.877. The first-order valence-corrected chi connectivity index (χ1v) is 7.11. The quantitative estimate of drug-likeness (QED) is 0.896. The molecule has 2 unspecified atom stereocenters. The molecule has 2 nitrogen and oxygen atoms in total. The first-order valence-electron chi connectivity index (χ1n) is 6.31. The second-order valence-electron chi connectivity index (χ2n) is 4.57. The molecule has 4 heteroatoms. The van der Waals surface area contributed by atoms with Crippen molar-refractivity contribution < 1.29 is 14.2 Å². The van der Waals surface area contributed by atoms with Crippen LogP contribution in [-0.4, -0.2) is 18.3 Å². The van der Waals surface area contributed by atoms with Crippen LogP contribution in [0.1, 0.15) is 17.2 Å². The lowest BCUT2D eigenvalue weighted by atomic mass is 9.98. The molecule has 0 heterocycles. The number of aliphatic hydroxyl groups is 1. The van der Waals surface area contributed by atoms with E-state index in [4.69, 9.17) is 4.74 Å². The Morgan fingerprint density at radius 1 is 1.20 bits per heavy atom. The van der Waals surface area contributed by atoms with Gasteiger partial charge in [-0.2, -0.15) is 0 Å². The number of benzene rings is 2. The van der Waals surface area contributed by atoms with Gasteiger partial charge in [0.25, 0.3) is 0 Å². The average Bonchev–Trinajstić information content (AvgIpc) is 2.45. The minimum Gasteiger partial charge on any atom is -0.390 e. The predicted molar refractivity (Wildman–Crippen MR) is 80.0 cm³/mol. The molecule has 0 aliphatic heterocycles. The van der Waals surface area contributed by atoms with Crippen LogP contribution in [0.25, 0.3) is 0 Å². The SMILES string of the molecule is COC(c1ccccc1)C(O)Cc1cc(F)ccc1Br. The third-order valence-corrected chi connectivity index (χ3v) is 3.94. The highest BCUT2D eigenvalue weighted by atomic mass is 79.9. The van der Waals surface area contributed by atoms with E-state index in [0.29, 0.717) is 6.42 Å². The van der Waals surface area contributed by atoms with Gasteiger partial charge in [-0.1, -0.05) is 46.3 Å². The van der Waals surface area contributed by atoms with E-state index < -0.39 is 12.2 Å². The molecule has 106 valence electrons. The van der Waals surface area contributed by atoms with Crippen molar-refractivity contribution in [2.24, 2.45) is 0 Å². The zero-order valence-electron chi connectivity index (χ0n) is 11.1. The molecule has 1 N–H and O–H groups in total. The van der Waals surface area contributed by atoms with E-state index in [0.717, 1.165) is 15.6 Å². The average molecular weight is 339 g/mol. The largest absolute Gasteiger partial charge is 0.390 e. The molecule has 2 rings (SSSR count). The van der Waals surface area contributed by atoms with E-state index in [1.165, 1.54) is 12.1 Å². The van der Waals surface area contributed by atoms with Crippen molar-refractivity contribution in [2.45, 2.75) is 18.6 Å². The Hall–Kier alpha value is -1.23. The van der Waals surface area contributed by atoms with Gasteiger partial charge in [0.05, 0.1) is 6.10 Å². The predicted octanol–water partition coefficient (Wildman–Crippen LogP) is 3.88. The van der Waals surface area contributed by atoms with Gasteiger partial charge in [-0.05, 0) is 29.3 Å². The second-order valence-corrected chi connectivity index (χ2v) is 5.43. The van der Waals surface area contributed by atoms with Gasteiger partial charge in [-0.15, -0.1) is 0 Å². The van der Waals surface area contributed by atoms with Gasteiger partial charge in [0, 0.05) is 18.0 Å². The van der Waals surface area contributed by atoms with Crippen molar-refractivity contribution in [1.82, 2.24) is 0 Å². The van der Waals surface area contributed by atoms with Crippen molar-refractivity contribution in [3.05, 3.63) is 69.9 Å². The molecule has 0 bridgehead atoms. The van der Waals surface area contributed by atoms with Crippen molar-refractivity contribution in [2.75, 3.05) is 7.11 Å². The van der Waals surface area contributed by atoms with Crippen molar-refractivity contribution in [3.8, 4) is 0 Å². The number of hydrogen-bond acceptors (Lipinski definition) is 2. The van der Waals surface area contributed by atoms with Gasteiger partial charge in [0.15, 0.2) is 0 Å². The third-order valence-electron chi connectivity index (χ3n) is 3.17. The fourth-order valence-corrected chi connectivity index (χ4v) is 2.60. The molecule has 0 saturated carbocycles. The number of halogens is 2. The first kappa shape index (κ1) is 15.2. The fraction of sp³-hybridized carbons (Fsp3) is 0.250. The molecule has 2 aromatic rings. The third kappa shape index (κ3) is 3.66. The lowest BCUT2D eigenvalue weighted by Crippen LogP contribution is -2.23. The number of methoxy groups -OCH3 is 1. The summed E-state index contributed by atoms with van der Waals surface area (Å²) < 4.78 is 19.4. The fourth-order valence-electron chi connectivity index (χ4n) is 2.19. The van der Waals surface area contributed by atoms with Gasteiger partial charge >= 0.3 is 0 Å². The van der Waals surface area contributed by atoms with Crippen LogP contribution in [0.3, 0.4) is 0 Å². The molecule has 2 aromatic carbocycles. The molecular weight excluding hydrogens is 323 g/mol. The first-order chi connectivity index (χ1) is 9.61. The maximum Gasteiger partial charge on any atom is 0.123 e. The molecule has 20 heavy (non-hydrogen) atoms. The molecule has 2 atom stereocenters. The highest BCUT2D eigenvalue weighted by Gasteiger charge is 2.21. The summed E-state index contributed by atoms with van der Waals surface area (Å²) in [5.74, 6) is -0.316. The van der Waals surface area contributed by atoms with Crippen molar-refractivity contribution >= 4 is 15.9 Å². The molecule has 0 aliphatic rings. The van der Waals surface area contributed by atoms with Crippen LogP contribution in [0.2, 0.25) is 0 Å². The molecule has 0 aliphatic carbocycles. The molecule has 0 aromatic heterocycles. The topological polar surface area (TPSA) is 29.5 Å². The van der Waals surface area contributed by atoms with E-state index >= 15 is 0 Å². The van der Waals surface area contributed by atoms with Crippen LogP contribution >= 0.6 is 15.9 Å². The normalized spacial score (nSPS) is 14.0. The Bertz CT molecular complexity index is 560. The molecule has 0 fully saturated rings. The zero-order valence-corrected chi connectivity index (χ0v) is 12.7. The monoisotopic (exact) mass is 338 g/mol. The standard InChI is InChI=1S/C16H16BrFO2/c1-20-16(11-5-3-2-4-6-11)15(19)10-12-9-13(18)7-8-14(12)17/h2-9,15-16,19H,10H2,1H3. The van der Waals surface area contributed by atoms with Gasteiger partial charge in [0.2, 0.25) is 0 Å². The minimum absolute atomic E-state index is 0.311. The van der Waals surface area contributed by atoms with E-state index in [-0.39, 0.29) is 5.82 Å². The Morgan fingerprint density at radius 2 is 1.90 bits per heavy atom. The van der Waals surface area contributed by atoms with Crippen LogP contribution < -0.4 is 0 Å². The minimum atomic E-state index is -0.750. The van der Waals surface area contributed by atoms with Gasteiger partial charge in [-0.3, -0.25) is 0 Å². The summed E-state index contributed by atoms with van der Waals surface area (Å²) >= 11 is 3.37. The summed E-state index contributed by atoms with van der Waals surface area (Å²) in [6, 6.07) is 13.9. The van der Waals surface area contributed by atoms with E-state index in [1.54, 1.807) is 13.2 Å². The maximum absolute atomic E-state index is 13.3. The van der Waals surface area contributed by atoms with E-state index in [9.17, 15) is 9.50 Å². The van der Waals surface area contributed by atoms with E-state index in [1.807, 2.05) is 30.3 Å². The highest BCUT2D eigenvalue weighted by molar-refractivity contribution is 9.10. The van der Waals surface area contributed by atoms with Crippen LogP contribution in [0, 0.1) is 5.82 Å². The summed E-state index contributed by atoms with van der Waals surface area (Å²) in [7, 11) is 1.56. The molecule has 0 radical (unpaired) electrons. The Labute approximate surface area is 126 Å².